The van der Waals surface area contributed by atoms with Gasteiger partial charge < -0.3 is 19.7 Å². The minimum Gasteiger partial charge on any atom is -0.493 e. The van der Waals surface area contributed by atoms with Crippen molar-refractivity contribution in [2.24, 2.45) is 0 Å². The van der Waals surface area contributed by atoms with Crippen LogP contribution in [0.5, 0.6) is 11.5 Å². The van der Waals surface area contributed by atoms with Gasteiger partial charge in [0, 0.05) is 30.6 Å². The molecule has 0 saturated heterocycles. The van der Waals surface area contributed by atoms with E-state index in [1.807, 2.05) is 30.3 Å². The van der Waals surface area contributed by atoms with Crippen molar-refractivity contribution in [2.75, 3.05) is 37.9 Å². The summed E-state index contributed by atoms with van der Waals surface area (Å²) in [4.78, 5) is 28.8. The summed E-state index contributed by atoms with van der Waals surface area (Å²) in [6.45, 7) is 1.69. The number of hydrogen-bond donors (Lipinski definition) is 1. The van der Waals surface area contributed by atoms with Crippen LogP contribution in [0, 0.1) is 0 Å². The molecule has 3 aromatic carbocycles. The van der Waals surface area contributed by atoms with Crippen LogP contribution < -0.4 is 19.1 Å². The molecule has 0 bridgehead atoms. The molecule has 0 spiro atoms. The highest BCUT2D eigenvalue weighted by molar-refractivity contribution is 7.92. The number of carbonyl (C=O) groups is 2. The fourth-order valence-electron chi connectivity index (χ4n) is 4.23. The molecule has 40 heavy (non-hydrogen) atoms. The van der Waals surface area contributed by atoms with E-state index in [1.54, 1.807) is 37.3 Å². The molecule has 2 amide bonds. The number of nitrogens with one attached hydrogen (secondary N) is 1. The summed E-state index contributed by atoms with van der Waals surface area (Å²) in [5, 5.41) is 3.35. The zero-order chi connectivity index (χ0) is 29.3. The normalized spacial score (nSPS) is 11.8. The maximum Gasteiger partial charge on any atom is 0.244 e. The number of hydrogen-bond acceptors (Lipinski definition) is 6. The Bertz CT molecular complexity index is 1400. The molecule has 0 heterocycles. The van der Waals surface area contributed by atoms with E-state index in [-0.39, 0.29) is 24.6 Å². The van der Waals surface area contributed by atoms with Gasteiger partial charge in [-0.3, -0.25) is 13.9 Å². The Morgan fingerprint density at radius 1 is 0.925 bits per heavy atom. The van der Waals surface area contributed by atoms with Crippen LogP contribution in [-0.4, -0.2) is 64.7 Å². The summed E-state index contributed by atoms with van der Waals surface area (Å²) >= 11 is 6.07. The summed E-state index contributed by atoms with van der Waals surface area (Å²) in [6, 6.07) is 20.0. The molecule has 214 valence electrons. The Morgan fingerprint density at radius 2 is 1.57 bits per heavy atom. The number of likely N-dealkylation sites (N-methyl/N-ethyl adjacent to an activating group) is 1. The summed E-state index contributed by atoms with van der Waals surface area (Å²) in [6.07, 6.45) is 1.26. The average Bonchev–Trinajstić information content (AvgIpc) is 2.94. The van der Waals surface area contributed by atoms with Gasteiger partial charge in [0.25, 0.3) is 0 Å². The zero-order valence-electron chi connectivity index (χ0n) is 23.0. The van der Waals surface area contributed by atoms with Crippen molar-refractivity contribution in [3.05, 3.63) is 88.9 Å². The molecule has 0 aliphatic heterocycles. The van der Waals surface area contributed by atoms with Crippen molar-refractivity contribution in [3.8, 4) is 11.5 Å². The van der Waals surface area contributed by atoms with Gasteiger partial charge in [-0.1, -0.05) is 54.1 Å². The Kier molecular flexibility index (Phi) is 10.8. The maximum atomic E-state index is 14.0. The summed E-state index contributed by atoms with van der Waals surface area (Å²) < 4.78 is 37.4. The molecule has 1 N–H and O–H groups in total. The second-order valence-corrected chi connectivity index (χ2v) is 11.4. The van der Waals surface area contributed by atoms with E-state index in [9.17, 15) is 18.0 Å². The molecule has 3 aromatic rings. The fraction of sp³-hybridized carbons (Fsp3) is 0.310. The van der Waals surface area contributed by atoms with Crippen LogP contribution in [0.2, 0.25) is 5.02 Å². The van der Waals surface area contributed by atoms with Crippen LogP contribution in [0.25, 0.3) is 0 Å². The molecule has 0 radical (unpaired) electrons. The van der Waals surface area contributed by atoms with Crippen molar-refractivity contribution in [1.82, 2.24) is 10.2 Å². The number of amides is 2. The van der Waals surface area contributed by atoms with E-state index in [0.29, 0.717) is 23.1 Å². The first kappa shape index (κ1) is 30.8. The van der Waals surface area contributed by atoms with Crippen LogP contribution in [0.1, 0.15) is 18.1 Å². The second-order valence-electron chi connectivity index (χ2n) is 9.06. The highest BCUT2D eigenvalue weighted by Gasteiger charge is 2.33. The molecule has 0 aromatic heterocycles. The number of ether oxygens (including phenoxy) is 2. The van der Waals surface area contributed by atoms with Crippen LogP contribution >= 0.6 is 11.6 Å². The molecule has 0 aliphatic rings. The SMILES string of the molecule is CCNC(=O)[C@H](Cc1ccccc1)N(Cc1ccc(Cl)cc1)C(=O)CN(c1ccc(OC)c(OC)c1)S(C)(=O)=O. The van der Waals surface area contributed by atoms with Gasteiger partial charge in [-0.15, -0.1) is 0 Å². The smallest absolute Gasteiger partial charge is 0.244 e. The van der Waals surface area contributed by atoms with E-state index in [0.717, 1.165) is 21.7 Å². The topological polar surface area (TPSA) is 105 Å². The number of sulfonamides is 1. The van der Waals surface area contributed by atoms with Gasteiger partial charge in [0.05, 0.1) is 26.2 Å². The predicted octanol–water partition coefficient (Wildman–Crippen LogP) is 3.90. The molecule has 3 rings (SSSR count). The zero-order valence-corrected chi connectivity index (χ0v) is 24.5. The summed E-state index contributed by atoms with van der Waals surface area (Å²) in [5.74, 6) is -0.175. The molecule has 0 unspecified atom stereocenters. The molecular formula is C29H34ClN3O6S. The molecule has 0 saturated carbocycles. The highest BCUT2D eigenvalue weighted by atomic mass is 35.5. The lowest BCUT2D eigenvalue weighted by molar-refractivity contribution is -0.140. The van der Waals surface area contributed by atoms with Crippen LogP contribution in [-0.2, 0) is 32.6 Å². The molecule has 11 heteroatoms. The van der Waals surface area contributed by atoms with Gasteiger partial charge in [-0.2, -0.15) is 0 Å². The largest absolute Gasteiger partial charge is 0.493 e. The van der Waals surface area contributed by atoms with Crippen molar-refractivity contribution in [3.63, 3.8) is 0 Å². The first-order valence-electron chi connectivity index (χ1n) is 12.6. The number of nitrogens with zero attached hydrogens (tertiary/aromatic N) is 2. The molecular weight excluding hydrogens is 554 g/mol. The summed E-state index contributed by atoms with van der Waals surface area (Å²) in [5.41, 5.74) is 1.81. The quantitative estimate of drug-likeness (QED) is 0.325. The number of halogens is 1. The first-order chi connectivity index (χ1) is 19.1. The Morgan fingerprint density at radius 3 is 2.15 bits per heavy atom. The fourth-order valence-corrected chi connectivity index (χ4v) is 5.19. The monoisotopic (exact) mass is 587 g/mol. The second kappa shape index (κ2) is 14.0. The third kappa shape index (κ3) is 8.12. The van der Waals surface area contributed by atoms with Crippen molar-refractivity contribution in [2.45, 2.75) is 25.9 Å². The van der Waals surface area contributed by atoms with Crippen LogP contribution in [0.15, 0.2) is 72.8 Å². The lowest BCUT2D eigenvalue weighted by Gasteiger charge is -2.33. The van der Waals surface area contributed by atoms with Gasteiger partial charge >= 0.3 is 0 Å². The van der Waals surface area contributed by atoms with Crippen molar-refractivity contribution < 1.29 is 27.5 Å². The molecule has 0 aliphatic carbocycles. The van der Waals surface area contributed by atoms with Gasteiger partial charge in [0.2, 0.25) is 21.8 Å². The summed E-state index contributed by atoms with van der Waals surface area (Å²) in [7, 11) is -1.01. The Labute approximate surface area is 240 Å². The molecule has 9 nitrogen and oxygen atoms in total. The van der Waals surface area contributed by atoms with Crippen LogP contribution in [0.4, 0.5) is 5.69 Å². The lowest BCUT2D eigenvalue weighted by atomic mass is 10.0. The van der Waals surface area contributed by atoms with E-state index >= 15 is 0 Å². The highest BCUT2D eigenvalue weighted by Crippen LogP contribution is 2.32. The van der Waals surface area contributed by atoms with E-state index < -0.39 is 28.5 Å². The van der Waals surface area contributed by atoms with Gasteiger partial charge in [0.15, 0.2) is 11.5 Å². The van der Waals surface area contributed by atoms with Gasteiger partial charge in [0.1, 0.15) is 12.6 Å². The maximum absolute atomic E-state index is 14.0. The number of anilines is 1. The Balaban J connectivity index is 2.05. The van der Waals surface area contributed by atoms with Crippen molar-refractivity contribution >= 4 is 39.1 Å². The third-order valence-electron chi connectivity index (χ3n) is 6.22. The lowest BCUT2D eigenvalue weighted by Crippen LogP contribution is -2.53. The predicted molar refractivity (Wildman–Crippen MR) is 156 cm³/mol. The number of benzene rings is 3. The van der Waals surface area contributed by atoms with Gasteiger partial charge in [-0.05, 0) is 42.3 Å². The number of methoxy groups -OCH3 is 2. The van der Waals surface area contributed by atoms with E-state index in [2.05, 4.69) is 5.32 Å². The Hall–Kier alpha value is -3.76. The number of carbonyl (C=O) groups excluding carboxylic acids is 2. The van der Waals surface area contributed by atoms with Crippen molar-refractivity contribution in [1.29, 1.82) is 0 Å². The standard InChI is InChI=1S/C29H34ClN3O6S/c1-5-31-29(35)25(17-21-9-7-6-8-10-21)32(19-22-11-13-23(30)14-12-22)28(34)20-33(40(4,36)37)24-15-16-26(38-2)27(18-24)39-3/h6-16,18,25H,5,17,19-20H2,1-4H3,(H,31,35)/t25-/m0/s1. The minimum atomic E-state index is -3.91. The molecule has 0 fully saturated rings. The number of rotatable bonds is 13. The minimum absolute atomic E-state index is 0.0637. The van der Waals surface area contributed by atoms with Gasteiger partial charge in [-0.25, -0.2) is 8.42 Å². The van der Waals surface area contributed by atoms with E-state index in [1.165, 1.54) is 31.3 Å². The molecule has 1 atom stereocenters. The first-order valence-corrected chi connectivity index (χ1v) is 14.8. The van der Waals surface area contributed by atoms with E-state index in [4.69, 9.17) is 21.1 Å². The van der Waals surface area contributed by atoms with Crippen LogP contribution in [0.3, 0.4) is 0 Å². The third-order valence-corrected chi connectivity index (χ3v) is 7.62. The average molecular weight is 588 g/mol.